The number of benzene rings is 1. The number of carbonyl (C=O) groups is 1. The molecule has 4 rings (SSSR count). The van der Waals surface area contributed by atoms with Crippen molar-refractivity contribution < 1.29 is 9.53 Å². The second-order valence-corrected chi connectivity index (χ2v) is 7.77. The van der Waals surface area contributed by atoms with Crippen molar-refractivity contribution in [3.8, 4) is 17.1 Å². The van der Waals surface area contributed by atoms with Gasteiger partial charge in [0, 0.05) is 43.7 Å². The maximum atomic E-state index is 11.9. The number of carbonyl (C=O) groups excluding carboxylic acids is 1. The Morgan fingerprint density at radius 1 is 1.23 bits per heavy atom. The summed E-state index contributed by atoms with van der Waals surface area (Å²) >= 11 is 0. The Morgan fingerprint density at radius 3 is 2.52 bits per heavy atom. The molecule has 3 aromatic rings. The molecule has 0 saturated carbocycles. The van der Waals surface area contributed by atoms with E-state index in [1.54, 1.807) is 29.2 Å². The molecule has 10 heteroatoms. The lowest BCUT2D eigenvalue weighted by molar-refractivity contribution is 0.0997. The molecule has 0 unspecified atom stereocenters. The predicted molar refractivity (Wildman–Crippen MR) is 123 cm³/mol. The van der Waals surface area contributed by atoms with Crippen molar-refractivity contribution in [2.45, 2.75) is 32.9 Å². The van der Waals surface area contributed by atoms with Crippen LogP contribution in [0.2, 0.25) is 0 Å². The predicted octanol–water partition coefficient (Wildman–Crippen LogP) is 2.14. The van der Waals surface area contributed by atoms with E-state index in [1.165, 1.54) is 0 Å². The Labute approximate surface area is 187 Å². The topological polar surface area (TPSA) is 111 Å². The molecule has 1 amide bonds. The number of nitrogens with zero attached hydrogens (tertiary/aromatic N) is 5. The molecule has 0 radical (unpaired) electrons. The maximum absolute atomic E-state index is 11.9. The minimum absolute atomic E-state index is 0. The van der Waals surface area contributed by atoms with Crippen LogP contribution in [0.15, 0.2) is 24.5 Å². The number of piperazine rings is 1. The van der Waals surface area contributed by atoms with Gasteiger partial charge in [-0.05, 0) is 26.8 Å². The van der Waals surface area contributed by atoms with E-state index in [2.05, 4.69) is 39.1 Å². The smallest absolute Gasteiger partial charge is 0.252 e. The monoisotopic (exact) mass is 445 g/mol. The number of hydrogen-bond donors (Lipinski definition) is 2. The van der Waals surface area contributed by atoms with Gasteiger partial charge < -0.3 is 20.7 Å². The van der Waals surface area contributed by atoms with Gasteiger partial charge in [-0.2, -0.15) is 5.10 Å². The molecule has 0 bridgehead atoms. The number of nitrogens with one attached hydrogen (secondary N) is 1. The first-order valence-corrected chi connectivity index (χ1v) is 10.1. The summed E-state index contributed by atoms with van der Waals surface area (Å²) in [5.41, 5.74) is 8.06. The Balaban J connectivity index is 0.00000272. The summed E-state index contributed by atoms with van der Waals surface area (Å²) in [5, 5.41) is 8.86. The fraction of sp³-hybridized carbons (Fsp3) is 0.429. The van der Waals surface area contributed by atoms with Crippen LogP contribution in [0, 0.1) is 0 Å². The fourth-order valence-electron chi connectivity index (χ4n) is 4.12. The third-order valence-corrected chi connectivity index (χ3v) is 5.26. The number of amides is 1. The number of fused-ring (bicyclic) bond motifs is 1. The summed E-state index contributed by atoms with van der Waals surface area (Å²) in [5.74, 6) is 0.742. The quantitative estimate of drug-likeness (QED) is 0.618. The number of aromatic nitrogens is 4. The van der Waals surface area contributed by atoms with Crippen molar-refractivity contribution in [3.05, 3.63) is 30.1 Å². The lowest BCUT2D eigenvalue weighted by atomic mass is 10.1. The van der Waals surface area contributed by atoms with E-state index in [1.807, 2.05) is 14.0 Å². The SMILES string of the molecule is CCOc1cc2nn(C)c(-c3cnc(N4C[C@@H](C)N[C@@H](C)C4)cn3)c2cc1C(N)=O.Cl. The Bertz CT molecular complexity index is 1070. The highest BCUT2D eigenvalue weighted by Crippen LogP contribution is 2.32. The van der Waals surface area contributed by atoms with Gasteiger partial charge in [0.25, 0.3) is 5.91 Å². The number of hydrogen-bond acceptors (Lipinski definition) is 7. The summed E-state index contributed by atoms with van der Waals surface area (Å²) in [6, 6.07) is 4.25. The van der Waals surface area contributed by atoms with Gasteiger partial charge in [-0.3, -0.25) is 9.48 Å². The van der Waals surface area contributed by atoms with Crippen LogP contribution < -0.4 is 20.7 Å². The lowest BCUT2D eigenvalue weighted by Crippen LogP contribution is -2.54. The molecule has 9 nitrogen and oxygen atoms in total. The zero-order valence-corrected chi connectivity index (χ0v) is 18.9. The number of nitrogens with two attached hydrogens (primary N) is 1. The molecule has 166 valence electrons. The molecule has 0 aliphatic carbocycles. The summed E-state index contributed by atoms with van der Waals surface area (Å²) in [4.78, 5) is 23.5. The molecule has 31 heavy (non-hydrogen) atoms. The van der Waals surface area contributed by atoms with Crippen LogP contribution >= 0.6 is 12.4 Å². The van der Waals surface area contributed by atoms with E-state index < -0.39 is 5.91 Å². The highest BCUT2D eigenvalue weighted by atomic mass is 35.5. The highest BCUT2D eigenvalue weighted by molar-refractivity contribution is 6.03. The standard InChI is InChI=1S/C21H27N7O2.ClH/c1-5-30-18-7-16-14(6-15(18)21(22)29)20(27(4)26-16)17-8-24-19(9-23-17)28-10-12(2)25-13(3)11-28;/h6-9,12-13,25H,5,10-11H2,1-4H3,(H2,22,29);1H/t12-,13+;. The van der Waals surface area contributed by atoms with Crippen LogP contribution in [0.25, 0.3) is 22.3 Å². The molecule has 2 aromatic heterocycles. The normalized spacial score (nSPS) is 18.6. The lowest BCUT2D eigenvalue weighted by Gasteiger charge is -2.36. The highest BCUT2D eigenvalue weighted by Gasteiger charge is 2.23. The van der Waals surface area contributed by atoms with E-state index in [9.17, 15) is 4.79 Å². The zero-order valence-electron chi connectivity index (χ0n) is 18.1. The fourth-order valence-corrected chi connectivity index (χ4v) is 4.12. The van der Waals surface area contributed by atoms with Gasteiger partial charge in [-0.25, -0.2) is 9.97 Å². The molecule has 3 N–H and O–H groups in total. The number of aryl methyl sites for hydroxylation is 1. The van der Waals surface area contributed by atoms with Gasteiger partial charge in [-0.1, -0.05) is 0 Å². The number of primary amides is 1. The second kappa shape index (κ2) is 9.07. The molecule has 1 aliphatic rings. The first kappa shape index (κ1) is 22.8. The molecule has 0 spiro atoms. The minimum atomic E-state index is -0.543. The molecular formula is C21H28ClN7O2. The second-order valence-electron chi connectivity index (χ2n) is 7.77. The summed E-state index contributed by atoms with van der Waals surface area (Å²) in [7, 11) is 1.84. The van der Waals surface area contributed by atoms with Crippen LogP contribution in [-0.4, -0.2) is 57.4 Å². The Morgan fingerprint density at radius 2 is 1.94 bits per heavy atom. The molecule has 1 saturated heterocycles. The maximum Gasteiger partial charge on any atom is 0.252 e. The summed E-state index contributed by atoms with van der Waals surface area (Å²) < 4.78 is 7.31. The minimum Gasteiger partial charge on any atom is -0.493 e. The van der Waals surface area contributed by atoms with Crippen molar-refractivity contribution in [1.29, 1.82) is 0 Å². The van der Waals surface area contributed by atoms with Crippen LogP contribution in [-0.2, 0) is 7.05 Å². The molecule has 1 aromatic carbocycles. The van der Waals surface area contributed by atoms with E-state index in [0.717, 1.165) is 30.0 Å². The first-order valence-electron chi connectivity index (χ1n) is 10.1. The van der Waals surface area contributed by atoms with Crippen molar-refractivity contribution in [2.24, 2.45) is 12.8 Å². The van der Waals surface area contributed by atoms with E-state index in [4.69, 9.17) is 10.5 Å². The van der Waals surface area contributed by atoms with Gasteiger partial charge in [0.2, 0.25) is 0 Å². The summed E-state index contributed by atoms with van der Waals surface area (Å²) in [6.45, 7) is 8.39. The molecule has 1 fully saturated rings. The van der Waals surface area contributed by atoms with Crippen LogP contribution in [0.1, 0.15) is 31.1 Å². The molecular weight excluding hydrogens is 418 g/mol. The molecule has 2 atom stereocenters. The van der Waals surface area contributed by atoms with Crippen LogP contribution in [0.5, 0.6) is 5.75 Å². The van der Waals surface area contributed by atoms with Gasteiger partial charge in [0.15, 0.2) is 0 Å². The van der Waals surface area contributed by atoms with E-state index in [-0.39, 0.29) is 12.4 Å². The largest absolute Gasteiger partial charge is 0.493 e. The third kappa shape index (κ3) is 4.42. The van der Waals surface area contributed by atoms with E-state index in [0.29, 0.717) is 41.2 Å². The van der Waals surface area contributed by atoms with Crippen molar-refractivity contribution in [2.75, 3.05) is 24.6 Å². The van der Waals surface area contributed by atoms with Gasteiger partial charge in [0.1, 0.15) is 17.3 Å². The van der Waals surface area contributed by atoms with Crippen molar-refractivity contribution >= 4 is 35.0 Å². The number of rotatable bonds is 5. The molecule has 1 aliphatic heterocycles. The molecule has 3 heterocycles. The van der Waals surface area contributed by atoms with Gasteiger partial charge in [-0.15, -0.1) is 12.4 Å². The average molecular weight is 446 g/mol. The van der Waals surface area contributed by atoms with Crippen LogP contribution in [0.3, 0.4) is 0 Å². The van der Waals surface area contributed by atoms with Crippen LogP contribution in [0.4, 0.5) is 5.82 Å². The first-order chi connectivity index (χ1) is 14.4. The Hall–Kier alpha value is -2.91. The van der Waals surface area contributed by atoms with Gasteiger partial charge >= 0.3 is 0 Å². The average Bonchev–Trinajstić information content (AvgIpc) is 3.01. The van der Waals surface area contributed by atoms with Crippen molar-refractivity contribution in [1.82, 2.24) is 25.1 Å². The zero-order chi connectivity index (χ0) is 21.4. The van der Waals surface area contributed by atoms with E-state index >= 15 is 0 Å². The Kier molecular flexibility index (Phi) is 6.66. The summed E-state index contributed by atoms with van der Waals surface area (Å²) in [6.07, 6.45) is 3.55. The third-order valence-electron chi connectivity index (χ3n) is 5.26. The number of halogens is 1. The number of ether oxygens (including phenoxy) is 1. The van der Waals surface area contributed by atoms with Crippen molar-refractivity contribution in [3.63, 3.8) is 0 Å². The number of anilines is 1. The van der Waals surface area contributed by atoms with Gasteiger partial charge in [0.05, 0.1) is 35.8 Å².